The van der Waals surface area contributed by atoms with Crippen LogP contribution in [0, 0.1) is 5.82 Å². The summed E-state index contributed by atoms with van der Waals surface area (Å²) in [5.74, 6) is -1.68. The standard InChI is InChI=1S/C29H24F4N6O2/c30-22-3-2-20-8-9-38(25(20)17-22)26-5-6-27(40)39(35-26)10-7-19-1-4-24-21(15-19)16-23(18-34-24)36-11-13-37(14-12-36)28(41)29(31,32)33/h1-6,8-9,15-18H,7,10-14H2. The Morgan fingerprint density at radius 1 is 0.902 bits per heavy atom. The maximum absolute atomic E-state index is 13.8. The monoisotopic (exact) mass is 564 g/mol. The van der Waals surface area contributed by atoms with Gasteiger partial charge in [0.1, 0.15) is 5.82 Å². The Bertz CT molecular complexity index is 1820. The molecular weight excluding hydrogens is 540 g/mol. The molecule has 4 heterocycles. The fourth-order valence-corrected chi connectivity index (χ4v) is 5.11. The molecule has 0 spiro atoms. The van der Waals surface area contributed by atoms with Gasteiger partial charge in [-0.15, -0.1) is 0 Å². The molecule has 6 rings (SSSR count). The molecule has 5 aromatic rings. The molecule has 0 radical (unpaired) electrons. The zero-order valence-corrected chi connectivity index (χ0v) is 21.7. The summed E-state index contributed by atoms with van der Waals surface area (Å²) in [6.45, 7) is 0.801. The summed E-state index contributed by atoms with van der Waals surface area (Å²) in [6.07, 6.45) is -0.908. The van der Waals surface area contributed by atoms with Crippen LogP contribution < -0.4 is 10.5 Å². The predicted octanol–water partition coefficient (Wildman–Crippen LogP) is 4.33. The second kappa shape index (κ2) is 10.3. The second-order valence-corrected chi connectivity index (χ2v) is 9.89. The highest BCUT2D eigenvalue weighted by atomic mass is 19.4. The van der Waals surface area contributed by atoms with Crippen molar-refractivity contribution in [3.05, 3.63) is 94.8 Å². The second-order valence-electron chi connectivity index (χ2n) is 9.89. The van der Waals surface area contributed by atoms with E-state index in [9.17, 15) is 27.2 Å². The maximum Gasteiger partial charge on any atom is 0.471 e. The lowest BCUT2D eigenvalue weighted by molar-refractivity contribution is -0.185. The lowest BCUT2D eigenvalue weighted by Gasteiger charge is -2.36. The van der Waals surface area contributed by atoms with Gasteiger partial charge < -0.3 is 9.80 Å². The molecule has 0 unspecified atom stereocenters. The first-order valence-corrected chi connectivity index (χ1v) is 13.0. The van der Waals surface area contributed by atoms with Crippen LogP contribution in [-0.2, 0) is 17.8 Å². The Morgan fingerprint density at radius 2 is 1.71 bits per heavy atom. The summed E-state index contributed by atoms with van der Waals surface area (Å²) >= 11 is 0. The van der Waals surface area contributed by atoms with E-state index in [0.717, 1.165) is 32.4 Å². The van der Waals surface area contributed by atoms with E-state index in [1.54, 1.807) is 29.1 Å². The van der Waals surface area contributed by atoms with Gasteiger partial charge in [-0.05, 0) is 60.5 Å². The molecule has 0 N–H and O–H groups in total. The number of rotatable bonds is 5. The highest BCUT2D eigenvalue weighted by Crippen LogP contribution is 2.25. The minimum atomic E-state index is -4.87. The maximum atomic E-state index is 13.8. The first-order valence-electron chi connectivity index (χ1n) is 13.0. The average Bonchev–Trinajstić information content (AvgIpc) is 3.38. The van der Waals surface area contributed by atoms with E-state index >= 15 is 0 Å². The number of anilines is 1. The third-order valence-electron chi connectivity index (χ3n) is 7.27. The van der Waals surface area contributed by atoms with Gasteiger partial charge in [-0.1, -0.05) is 6.07 Å². The van der Waals surface area contributed by atoms with Crippen molar-refractivity contribution in [3.63, 3.8) is 0 Å². The number of alkyl halides is 3. The van der Waals surface area contributed by atoms with Gasteiger partial charge in [-0.25, -0.2) is 9.07 Å². The van der Waals surface area contributed by atoms with Crippen molar-refractivity contribution in [1.82, 2.24) is 24.2 Å². The number of pyridine rings is 1. The smallest absolute Gasteiger partial charge is 0.367 e. The van der Waals surface area contributed by atoms with E-state index in [-0.39, 0.29) is 37.6 Å². The zero-order chi connectivity index (χ0) is 28.7. The van der Waals surface area contributed by atoms with Crippen molar-refractivity contribution in [1.29, 1.82) is 0 Å². The number of aryl methyl sites for hydroxylation is 2. The van der Waals surface area contributed by atoms with Gasteiger partial charge in [0.15, 0.2) is 5.82 Å². The normalized spacial score (nSPS) is 14.2. The summed E-state index contributed by atoms with van der Waals surface area (Å²) in [7, 11) is 0. The molecule has 210 valence electrons. The number of fused-ring (bicyclic) bond motifs is 2. The number of hydrogen-bond acceptors (Lipinski definition) is 5. The van der Waals surface area contributed by atoms with Crippen LogP contribution in [0.4, 0.5) is 23.2 Å². The van der Waals surface area contributed by atoms with Crippen LogP contribution >= 0.6 is 0 Å². The number of aromatic nitrogens is 4. The first kappa shape index (κ1) is 26.5. The molecule has 3 aromatic heterocycles. The van der Waals surface area contributed by atoms with Gasteiger partial charge in [0.05, 0.1) is 22.9 Å². The quantitative estimate of drug-likeness (QED) is 0.297. The SMILES string of the molecule is O=C(N1CCN(c2cnc3ccc(CCn4nc(-n5ccc6ccc(F)cc65)ccc4=O)cc3c2)CC1)C(F)(F)F. The van der Waals surface area contributed by atoms with Gasteiger partial charge in [-0.2, -0.15) is 18.3 Å². The Labute approximate surface area is 231 Å². The van der Waals surface area contributed by atoms with Gasteiger partial charge >= 0.3 is 12.1 Å². The summed E-state index contributed by atoms with van der Waals surface area (Å²) in [4.78, 5) is 31.3. The van der Waals surface area contributed by atoms with Gasteiger partial charge in [0, 0.05) is 55.8 Å². The van der Waals surface area contributed by atoms with Crippen LogP contribution in [0.3, 0.4) is 0 Å². The molecule has 1 aliphatic heterocycles. The largest absolute Gasteiger partial charge is 0.471 e. The fourth-order valence-electron chi connectivity index (χ4n) is 5.11. The Hall–Kier alpha value is -4.74. The highest BCUT2D eigenvalue weighted by Gasteiger charge is 2.43. The van der Waals surface area contributed by atoms with Gasteiger partial charge in [0.2, 0.25) is 0 Å². The third kappa shape index (κ3) is 5.37. The van der Waals surface area contributed by atoms with E-state index in [1.807, 2.05) is 35.2 Å². The van der Waals surface area contributed by atoms with Crippen molar-refractivity contribution >= 4 is 33.4 Å². The van der Waals surface area contributed by atoms with E-state index < -0.39 is 12.1 Å². The van der Waals surface area contributed by atoms with Crippen LogP contribution in [0.15, 0.2) is 77.9 Å². The third-order valence-corrected chi connectivity index (χ3v) is 7.27. The van der Waals surface area contributed by atoms with Crippen molar-refractivity contribution < 1.29 is 22.4 Å². The van der Waals surface area contributed by atoms with Crippen LogP contribution in [-0.4, -0.2) is 62.5 Å². The fraction of sp³-hybridized carbons (Fsp3) is 0.241. The summed E-state index contributed by atoms with van der Waals surface area (Å²) in [5.41, 5.74) is 2.85. The molecule has 0 bridgehead atoms. The molecular formula is C29H24F4N6O2. The van der Waals surface area contributed by atoms with E-state index in [2.05, 4.69) is 10.1 Å². The Kier molecular flexibility index (Phi) is 6.68. The minimum Gasteiger partial charge on any atom is -0.367 e. The zero-order valence-electron chi connectivity index (χ0n) is 21.7. The van der Waals surface area contributed by atoms with E-state index in [1.165, 1.54) is 22.9 Å². The molecule has 1 fully saturated rings. The van der Waals surface area contributed by atoms with Crippen LogP contribution in [0.25, 0.3) is 27.6 Å². The van der Waals surface area contributed by atoms with E-state index in [0.29, 0.717) is 24.3 Å². The van der Waals surface area contributed by atoms with Crippen LogP contribution in [0.2, 0.25) is 0 Å². The number of carbonyl (C=O) groups is 1. The summed E-state index contributed by atoms with van der Waals surface area (Å²) in [6, 6.07) is 17.1. The number of amides is 1. The molecule has 0 aliphatic carbocycles. The average molecular weight is 565 g/mol. The number of piperazine rings is 1. The molecule has 41 heavy (non-hydrogen) atoms. The lowest BCUT2D eigenvalue weighted by Crippen LogP contribution is -2.52. The van der Waals surface area contributed by atoms with Crippen molar-refractivity contribution in [2.24, 2.45) is 0 Å². The number of halogens is 4. The molecule has 8 nitrogen and oxygen atoms in total. The summed E-state index contributed by atoms with van der Waals surface area (Å²) < 4.78 is 55.2. The molecule has 2 aromatic carbocycles. The molecule has 1 amide bonds. The van der Waals surface area contributed by atoms with Crippen molar-refractivity contribution in [2.45, 2.75) is 19.1 Å². The summed E-state index contributed by atoms with van der Waals surface area (Å²) in [5, 5.41) is 6.21. The predicted molar refractivity (Wildman–Crippen MR) is 146 cm³/mol. The van der Waals surface area contributed by atoms with Crippen LogP contribution in [0.1, 0.15) is 5.56 Å². The molecule has 1 saturated heterocycles. The van der Waals surface area contributed by atoms with Crippen molar-refractivity contribution in [2.75, 3.05) is 31.1 Å². The van der Waals surface area contributed by atoms with Crippen molar-refractivity contribution in [3.8, 4) is 5.82 Å². The topological polar surface area (TPSA) is 76.3 Å². The minimum absolute atomic E-state index is 0.0228. The molecule has 0 atom stereocenters. The van der Waals surface area contributed by atoms with E-state index in [4.69, 9.17) is 0 Å². The number of carbonyl (C=O) groups excluding carboxylic acids is 1. The number of benzene rings is 2. The van der Waals surface area contributed by atoms with Crippen LogP contribution in [0.5, 0.6) is 0 Å². The van der Waals surface area contributed by atoms with Gasteiger partial charge in [-0.3, -0.25) is 19.1 Å². The first-order chi connectivity index (χ1) is 19.7. The Balaban J connectivity index is 1.18. The Morgan fingerprint density at radius 3 is 2.49 bits per heavy atom. The molecule has 1 aliphatic rings. The number of nitrogens with zero attached hydrogens (tertiary/aromatic N) is 6. The number of hydrogen-bond donors (Lipinski definition) is 0. The lowest BCUT2D eigenvalue weighted by atomic mass is 10.1. The molecule has 0 saturated carbocycles. The highest BCUT2D eigenvalue weighted by molar-refractivity contribution is 5.84. The van der Waals surface area contributed by atoms with Gasteiger partial charge in [0.25, 0.3) is 5.56 Å². The molecule has 12 heteroatoms.